The second kappa shape index (κ2) is 5.30. The first-order valence-electron chi connectivity index (χ1n) is 5.53. The highest BCUT2D eigenvalue weighted by atomic mass is 16.5. The van der Waals surface area contributed by atoms with E-state index in [1.165, 1.54) is 0 Å². The number of phenolic OH excluding ortho intramolecular Hbond substituents is 1. The van der Waals surface area contributed by atoms with Gasteiger partial charge in [-0.1, -0.05) is 12.1 Å². The van der Waals surface area contributed by atoms with Crippen LogP contribution in [0.5, 0.6) is 5.75 Å². The molecule has 1 atom stereocenters. The Balaban J connectivity index is 1.91. The summed E-state index contributed by atoms with van der Waals surface area (Å²) < 4.78 is 5.25. The fraction of sp³-hybridized carbons (Fsp3) is 0.500. The Morgan fingerprint density at radius 1 is 1.19 bits per heavy atom. The summed E-state index contributed by atoms with van der Waals surface area (Å²) in [5.74, 6) is 0.224. The number of morpholine rings is 1. The van der Waals surface area contributed by atoms with Crippen LogP contribution in [0.25, 0.3) is 0 Å². The summed E-state index contributed by atoms with van der Waals surface area (Å²) in [6, 6.07) is 6.69. The summed E-state index contributed by atoms with van der Waals surface area (Å²) in [5.41, 5.74) is 0.837. The van der Waals surface area contributed by atoms with Gasteiger partial charge in [0.1, 0.15) is 5.75 Å². The number of aromatic hydroxyl groups is 1. The van der Waals surface area contributed by atoms with Crippen molar-refractivity contribution in [1.29, 1.82) is 0 Å². The minimum atomic E-state index is -0.501. The van der Waals surface area contributed by atoms with Crippen LogP contribution in [0, 0.1) is 0 Å². The van der Waals surface area contributed by atoms with Crippen LogP contribution in [0.15, 0.2) is 24.3 Å². The number of phenols is 1. The van der Waals surface area contributed by atoms with Crippen LogP contribution >= 0.6 is 0 Å². The molecule has 1 fully saturated rings. The summed E-state index contributed by atoms with van der Waals surface area (Å²) in [6.45, 7) is 3.84. The molecule has 2 rings (SSSR count). The number of rotatable bonds is 3. The number of hydrogen-bond acceptors (Lipinski definition) is 4. The molecule has 4 heteroatoms. The Kier molecular flexibility index (Phi) is 3.77. The van der Waals surface area contributed by atoms with Gasteiger partial charge in [0, 0.05) is 19.6 Å². The van der Waals surface area contributed by atoms with Gasteiger partial charge in [0.2, 0.25) is 0 Å². The van der Waals surface area contributed by atoms with Crippen LogP contribution in [-0.2, 0) is 4.74 Å². The highest BCUT2D eigenvalue weighted by Crippen LogP contribution is 2.18. The second-order valence-electron chi connectivity index (χ2n) is 4.02. The fourth-order valence-corrected chi connectivity index (χ4v) is 1.83. The number of benzene rings is 1. The van der Waals surface area contributed by atoms with Crippen LogP contribution in [0.3, 0.4) is 0 Å². The first-order chi connectivity index (χ1) is 7.75. The number of aliphatic hydroxyl groups is 1. The predicted molar refractivity (Wildman–Crippen MR) is 60.3 cm³/mol. The van der Waals surface area contributed by atoms with Gasteiger partial charge in [-0.2, -0.15) is 0 Å². The zero-order valence-corrected chi connectivity index (χ0v) is 9.17. The number of hydrogen-bond donors (Lipinski definition) is 2. The minimum absolute atomic E-state index is 0.224. The smallest absolute Gasteiger partial charge is 0.115 e. The van der Waals surface area contributed by atoms with Gasteiger partial charge in [0.15, 0.2) is 0 Å². The Morgan fingerprint density at radius 3 is 2.44 bits per heavy atom. The summed E-state index contributed by atoms with van der Waals surface area (Å²) in [6.07, 6.45) is -0.501. The van der Waals surface area contributed by atoms with Gasteiger partial charge in [-0.05, 0) is 17.7 Å². The lowest BCUT2D eigenvalue weighted by Gasteiger charge is -2.28. The molecule has 1 saturated heterocycles. The Morgan fingerprint density at radius 2 is 1.81 bits per heavy atom. The molecule has 1 heterocycles. The van der Waals surface area contributed by atoms with Crippen LogP contribution in [0.4, 0.5) is 0 Å². The molecule has 2 N–H and O–H groups in total. The maximum Gasteiger partial charge on any atom is 0.115 e. The first-order valence-corrected chi connectivity index (χ1v) is 5.53. The highest BCUT2D eigenvalue weighted by molar-refractivity contribution is 5.27. The first kappa shape index (κ1) is 11.4. The standard InChI is InChI=1S/C12H17NO3/c14-11-3-1-10(2-4-11)12(15)9-13-5-7-16-8-6-13/h1-4,12,14-15H,5-9H2. The van der Waals surface area contributed by atoms with E-state index in [2.05, 4.69) is 4.90 Å². The van der Waals surface area contributed by atoms with Crippen LogP contribution in [-0.4, -0.2) is 48.0 Å². The molecule has 0 saturated carbocycles. The molecule has 0 spiro atoms. The van der Waals surface area contributed by atoms with Crippen molar-refractivity contribution in [3.8, 4) is 5.75 Å². The van der Waals surface area contributed by atoms with Crippen molar-refractivity contribution in [2.24, 2.45) is 0 Å². The molecule has 0 radical (unpaired) electrons. The van der Waals surface area contributed by atoms with Gasteiger partial charge in [-0.15, -0.1) is 0 Å². The van der Waals surface area contributed by atoms with Crippen molar-refractivity contribution >= 4 is 0 Å². The van der Waals surface area contributed by atoms with E-state index in [1.807, 2.05) is 0 Å². The maximum absolute atomic E-state index is 10.00. The summed E-state index contributed by atoms with van der Waals surface area (Å²) >= 11 is 0. The second-order valence-corrected chi connectivity index (χ2v) is 4.02. The van der Waals surface area contributed by atoms with Gasteiger partial charge < -0.3 is 14.9 Å². The number of nitrogens with zero attached hydrogens (tertiary/aromatic N) is 1. The quantitative estimate of drug-likeness (QED) is 0.794. The topological polar surface area (TPSA) is 52.9 Å². The van der Waals surface area contributed by atoms with E-state index in [4.69, 9.17) is 9.84 Å². The van der Waals surface area contributed by atoms with Crippen LogP contribution < -0.4 is 0 Å². The summed E-state index contributed by atoms with van der Waals surface area (Å²) in [7, 11) is 0. The molecule has 4 nitrogen and oxygen atoms in total. The van der Waals surface area contributed by atoms with Gasteiger partial charge in [0.05, 0.1) is 19.3 Å². The Labute approximate surface area is 95.1 Å². The monoisotopic (exact) mass is 223 g/mol. The highest BCUT2D eigenvalue weighted by Gasteiger charge is 2.15. The third-order valence-electron chi connectivity index (χ3n) is 2.81. The molecular formula is C12H17NO3. The van der Waals surface area contributed by atoms with Crippen molar-refractivity contribution in [2.75, 3.05) is 32.8 Å². The number of ether oxygens (including phenoxy) is 1. The lowest BCUT2D eigenvalue weighted by molar-refractivity contribution is 0.0143. The van der Waals surface area contributed by atoms with Gasteiger partial charge in [-0.25, -0.2) is 0 Å². The Bertz CT molecular complexity index is 320. The molecule has 16 heavy (non-hydrogen) atoms. The van der Waals surface area contributed by atoms with E-state index in [-0.39, 0.29) is 5.75 Å². The van der Waals surface area contributed by atoms with Crippen molar-refractivity contribution in [2.45, 2.75) is 6.10 Å². The third-order valence-corrected chi connectivity index (χ3v) is 2.81. The molecule has 1 aliphatic rings. The normalized spacial score (nSPS) is 19.6. The molecule has 1 unspecified atom stereocenters. The molecule has 0 aliphatic carbocycles. The van der Waals surface area contributed by atoms with Gasteiger partial charge in [-0.3, -0.25) is 4.90 Å². The van der Waals surface area contributed by atoms with Gasteiger partial charge >= 0.3 is 0 Å². The molecule has 1 aromatic carbocycles. The van der Waals surface area contributed by atoms with E-state index in [0.29, 0.717) is 6.54 Å². The zero-order chi connectivity index (χ0) is 11.4. The van der Waals surface area contributed by atoms with E-state index in [0.717, 1.165) is 31.9 Å². The lowest BCUT2D eigenvalue weighted by atomic mass is 10.1. The van der Waals surface area contributed by atoms with Crippen molar-refractivity contribution in [3.05, 3.63) is 29.8 Å². The van der Waals surface area contributed by atoms with E-state index in [9.17, 15) is 5.11 Å². The summed E-state index contributed by atoms with van der Waals surface area (Å²) in [4.78, 5) is 2.18. The zero-order valence-electron chi connectivity index (χ0n) is 9.17. The molecule has 1 aliphatic heterocycles. The van der Waals surface area contributed by atoms with Crippen LogP contribution in [0.1, 0.15) is 11.7 Å². The molecule has 0 aromatic heterocycles. The van der Waals surface area contributed by atoms with Crippen molar-refractivity contribution in [1.82, 2.24) is 4.90 Å². The molecule has 0 amide bonds. The van der Waals surface area contributed by atoms with E-state index < -0.39 is 6.10 Å². The van der Waals surface area contributed by atoms with Gasteiger partial charge in [0.25, 0.3) is 0 Å². The SMILES string of the molecule is Oc1ccc(C(O)CN2CCOCC2)cc1. The molecule has 1 aromatic rings. The largest absolute Gasteiger partial charge is 0.508 e. The van der Waals surface area contributed by atoms with Crippen molar-refractivity contribution < 1.29 is 14.9 Å². The number of aliphatic hydroxyl groups excluding tert-OH is 1. The van der Waals surface area contributed by atoms with E-state index in [1.54, 1.807) is 24.3 Å². The molecular weight excluding hydrogens is 206 g/mol. The van der Waals surface area contributed by atoms with Crippen LogP contribution in [0.2, 0.25) is 0 Å². The third kappa shape index (κ3) is 2.95. The summed E-state index contributed by atoms with van der Waals surface area (Å²) in [5, 5.41) is 19.2. The Hall–Kier alpha value is -1.10. The average Bonchev–Trinajstić information content (AvgIpc) is 2.31. The molecule has 0 bridgehead atoms. The number of β-amino-alcohol motifs (C(OH)–C–C–N with tert-alkyl or cyclic N) is 1. The molecule has 88 valence electrons. The maximum atomic E-state index is 10.00. The van der Waals surface area contributed by atoms with E-state index >= 15 is 0 Å². The fourth-order valence-electron chi connectivity index (χ4n) is 1.83. The lowest BCUT2D eigenvalue weighted by Crippen LogP contribution is -2.38. The average molecular weight is 223 g/mol. The minimum Gasteiger partial charge on any atom is -0.508 e. The van der Waals surface area contributed by atoms with Crippen molar-refractivity contribution in [3.63, 3.8) is 0 Å². The predicted octanol–water partition coefficient (Wildman–Crippen LogP) is 0.758.